The van der Waals surface area contributed by atoms with Gasteiger partial charge < -0.3 is 15.0 Å². The summed E-state index contributed by atoms with van der Waals surface area (Å²) in [7, 11) is -3.08. The second-order valence-electron chi connectivity index (χ2n) is 7.76. The molecule has 0 unspecified atom stereocenters. The standard InChI is InChI=1S/C21H21ClFN3O5S2/c22-13-1-4-19(32)16(9-13)20(27)24-11-15-12-26(21(28)31-15)14-2-3-18(17(23)10-14)25-5-7-33(29,30)8-6-25/h1-4,9-10,15,32H,5-8,11-12H2,(H,24,27)/t15-/m0/s1. The molecular weight excluding hydrogens is 493 g/mol. The van der Waals surface area contributed by atoms with Crippen LogP contribution in [0.5, 0.6) is 0 Å². The number of amides is 2. The number of cyclic esters (lactones) is 1. The number of carbonyl (C=O) groups is 2. The molecule has 8 nitrogen and oxygen atoms in total. The van der Waals surface area contributed by atoms with Gasteiger partial charge in [0.05, 0.1) is 41.5 Å². The number of hydrogen-bond donors (Lipinski definition) is 2. The molecule has 2 fully saturated rings. The first-order chi connectivity index (χ1) is 15.6. The summed E-state index contributed by atoms with van der Waals surface area (Å²) in [5, 5.41) is 3.09. The number of anilines is 2. The van der Waals surface area contributed by atoms with Crippen LogP contribution in [0.2, 0.25) is 5.02 Å². The summed E-state index contributed by atoms with van der Waals surface area (Å²) in [4.78, 5) is 28.2. The van der Waals surface area contributed by atoms with Crippen molar-refractivity contribution in [3.05, 3.63) is 52.8 Å². The molecule has 0 radical (unpaired) electrons. The second kappa shape index (κ2) is 9.40. The second-order valence-corrected chi connectivity index (χ2v) is 11.0. The molecule has 2 aliphatic heterocycles. The maximum Gasteiger partial charge on any atom is 0.414 e. The Balaban J connectivity index is 1.38. The Hall–Kier alpha value is -2.50. The van der Waals surface area contributed by atoms with Crippen LogP contribution < -0.4 is 15.1 Å². The smallest absolute Gasteiger partial charge is 0.414 e. The van der Waals surface area contributed by atoms with Crippen molar-refractivity contribution >= 4 is 57.4 Å². The topological polar surface area (TPSA) is 96.0 Å². The van der Waals surface area contributed by atoms with E-state index in [4.69, 9.17) is 16.3 Å². The quantitative estimate of drug-likeness (QED) is 0.597. The van der Waals surface area contributed by atoms with Gasteiger partial charge in [-0.1, -0.05) is 11.6 Å². The molecule has 33 heavy (non-hydrogen) atoms. The highest BCUT2D eigenvalue weighted by molar-refractivity contribution is 7.91. The zero-order valence-corrected chi connectivity index (χ0v) is 19.8. The first-order valence-electron chi connectivity index (χ1n) is 10.1. The minimum atomic E-state index is -3.08. The van der Waals surface area contributed by atoms with Gasteiger partial charge in [0.1, 0.15) is 11.9 Å². The molecule has 176 valence electrons. The minimum absolute atomic E-state index is 0.0239. The lowest BCUT2D eigenvalue weighted by Crippen LogP contribution is -2.40. The molecule has 0 saturated carbocycles. The van der Waals surface area contributed by atoms with Gasteiger partial charge >= 0.3 is 6.09 Å². The zero-order chi connectivity index (χ0) is 23.8. The summed E-state index contributed by atoms with van der Waals surface area (Å²) in [5.74, 6) is -1.01. The number of benzene rings is 2. The third-order valence-corrected chi connectivity index (χ3v) is 7.73. The highest BCUT2D eigenvalue weighted by Crippen LogP contribution is 2.29. The van der Waals surface area contributed by atoms with Gasteiger partial charge in [0.25, 0.3) is 5.91 Å². The fraction of sp³-hybridized carbons (Fsp3) is 0.333. The number of ether oxygens (including phenoxy) is 1. The Morgan fingerprint density at radius 2 is 1.94 bits per heavy atom. The third kappa shape index (κ3) is 5.36. The molecule has 12 heteroatoms. The summed E-state index contributed by atoms with van der Waals surface area (Å²) < 4.78 is 43.3. The van der Waals surface area contributed by atoms with Gasteiger partial charge in [-0.25, -0.2) is 17.6 Å². The van der Waals surface area contributed by atoms with Crippen molar-refractivity contribution in [1.29, 1.82) is 0 Å². The molecule has 4 rings (SSSR count). The van der Waals surface area contributed by atoms with Crippen molar-refractivity contribution in [2.75, 3.05) is 47.5 Å². The van der Waals surface area contributed by atoms with Crippen molar-refractivity contribution in [2.24, 2.45) is 0 Å². The van der Waals surface area contributed by atoms with Gasteiger partial charge in [0, 0.05) is 23.0 Å². The van der Waals surface area contributed by atoms with Crippen LogP contribution in [0, 0.1) is 5.82 Å². The number of rotatable bonds is 5. The number of halogens is 2. The number of nitrogens with one attached hydrogen (secondary N) is 1. The Kier molecular flexibility index (Phi) is 6.73. The van der Waals surface area contributed by atoms with Gasteiger partial charge in [-0.2, -0.15) is 0 Å². The lowest BCUT2D eigenvalue weighted by atomic mass is 10.2. The number of nitrogens with zero attached hydrogens (tertiary/aromatic N) is 2. The Morgan fingerprint density at radius 1 is 1.21 bits per heavy atom. The number of sulfone groups is 1. The van der Waals surface area contributed by atoms with Crippen LogP contribution in [0.4, 0.5) is 20.6 Å². The first kappa shape index (κ1) is 23.7. The normalized spacial score (nSPS) is 20.0. The molecule has 2 aromatic carbocycles. The summed E-state index contributed by atoms with van der Waals surface area (Å²) in [5.41, 5.74) is 0.900. The maximum absolute atomic E-state index is 14.8. The number of hydrogen-bond acceptors (Lipinski definition) is 7. The molecule has 2 saturated heterocycles. The SMILES string of the molecule is O=C(NC[C@H]1CN(c2ccc(N3CCS(=O)(=O)CC3)c(F)c2)C(=O)O1)c1cc(Cl)ccc1S. The van der Waals surface area contributed by atoms with E-state index in [9.17, 15) is 22.4 Å². The van der Waals surface area contributed by atoms with E-state index in [1.165, 1.54) is 23.1 Å². The van der Waals surface area contributed by atoms with Gasteiger partial charge in [-0.05, 0) is 36.4 Å². The maximum atomic E-state index is 14.8. The third-order valence-electron chi connectivity index (χ3n) is 5.50. The van der Waals surface area contributed by atoms with Crippen molar-refractivity contribution in [1.82, 2.24) is 5.32 Å². The van der Waals surface area contributed by atoms with E-state index in [0.29, 0.717) is 21.2 Å². The van der Waals surface area contributed by atoms with Crippen molar-refractivity contribution in [3.8, 4) is 0 Å². The van der Waals surface area contributed by atoms with Crippen molar-refractivity contribution in [3.63, 3.8) is 0 Å². The Morgan fingerprint density at radius 3 is 2.64 bits per heavy atom. The Labute approximate surface area is 201 Å². The van der Waals surface area contributed by atoms with Gasteiger partial charge in [0.2, 0.25) is 0 Å². The van der Waals surface area contributed by atoms with Crippen LogP contribution in [-0.2, 0) is 14.6 Å². The predicted molar refractivity (Wildman–Crippen MR) is 126 cm³/mol. The summed E-state index contributed by atoms with van der Waals surface area (Å²) in [6.07, 6.45) is -1.28. The molecule has 2 heterocycles. The number of carbonyl (C=O) groups excluding carboxylic acids is 2. The Bertz CT molecular complexity index is 1200. The van der Waals surface area contributed by atoms with E-state index in [1.807, 2.05) is 0 Å². The van der Waals surface area contributed by atoms with Gasteiger partial charge in [-0.3, -0.25) is 9.69 Å². The molecule has 2 aliphatic rings. The van der Waals surface area contributed by atoms with Crippen LogP contribution in [-0.4, -0.2) is 64.2 Å². The summed E-state index contributed by atoms with van der Waals surface area (Å²) in [6.45, 7) is 0.617. The molecule has 0 bridgehead atoms. The zero-order valence-electron chi connectivity index (χ0n) is 17.3. The van der Waals surface area contributed by atoms with E-state index in [2.05, 4.69) is 17.9 Å². The average molecular weight is 514 g/mol. The van der Waals surface area contributed by atoms with Gasteiger partial charge in [-0.15, -0.1) is 12.6 Å². The molecular formula is C21H21ClFN3O5S2. The predicted octanol–water partition coefficient (Wildman–Crippen LogP) is 2.76. The highest BCUT2D eigenvalue weighted by Gasteiger charge is 2.33. The van der Waals surface area contributed by atoms with Crippen LogP contribution in [0.15, 0.2) is 41.3 Å². The molecule has 2 amide bonds. The van der Waals surface area contributed by atoms with Gasteiger partial charge in [0.15, 0.2) is 9.84 Å². The fourth-order valence-corrected chi connectivity index (χ4v) is 5.32. The van der Waals surface area contributed by atoms with Crippen molar-refractivity contribution < 1.29 is 27.1 Å². The van der Waals surface area contributed by atoms with E-state index in [1.54, 1.807) is 23.1 Å². The first-order valence-corrected chi connectivity index (χ1v) is 12.8. The van der Waals surface area contributed by atoms with Crippen LogP contribution in [0.25, 0.3) is 0 Å². The lowest BCUT2D eigenvalue weighted by Gasteiger charge is -2.29. The van der Waals surface area contributed by atoms with Crippen LogP contribution >= 0.6 is 24.2 Å². The summed E-state index contributed by atoms with van der Waals surface area (Å²) in [6, 6.07) is 9.06. The van der Waals surface area contributed by atoms with Crippen LogP contribution in [0.3, 0.4) is 0 Å². The van der Waals surface area contributed by atoms with E-state index < -0.39 is 33.8 Å². The minimum Gasteiger partial charge on any atom is -0.442 e. The lowest BCUT2D eigenvalue weighted by molar-refractivity contribution is 0.0913. The molecule has 2 aromatic rings. The largest absolute Gasteiger partial charge is 0.442 e. The summed E-state index contributed by atoms with van der Waals surface area (Å²) >= 11 is 10.2. The van der Waals surface area contributed by atoms with E-state index in [0.717, 1.165) is 0 Å². The fourth-order valence-electron chi connectivity index (χ4n) is 3.70. The average Bonchev–Trinajstić information content (AvgIpc) is 3.14. The molecule has 1 N–H and O–H groups in total. The molecule has 1 atom stereocenters. The van der Waals surface area contributed by atoms with Crippen LogP contribution in [0.1, 0.15) is 10.4 Å². The number of thiol groups is 1. The molecule has 0 aliphatic carbocycles. The molecule has 0 spiro atoms. The van der Waals surface area contributed by atoms with E-state index in [-0.39, 0.29) is 43.4 Å². The highest BCUT2D eigenvalue weighted by atomic mass is 35.5. The molecule has 0 aromatic heterocycles. The van der Waals surface area contributed by atoms with E-state index >= 15 is 0 Å². The monoisotopic (exact) mass is 513 g/mol. The van der Waals surface area contributed by atoms with Crippen molar-refractivity contribution in [2.45, 2.75) is 11.0 Å².